The van der Waals surface area contributed by atoms with E-state index in [1.54, 1.807) is 0 Å². The summed E-state index contributed by atoms with van der Waals surface area (Å²) in [5.74, 6) is 0.239. The molecule has 4 heteroatoms. The molecule has 1 aromatic rings. The van der Waals surface area contributed by atoms with Crippen LogP contribution in [0.25, 0.3) is 0 Å². The van der Waals surface area contributed by atoms with Gasteiger partial charge >= 0.3 is 0 Å². The Morgan fingerprint density at radius 1 is 1.69 bits per heavy atom. The van der Waals surface area contributed by atoms with E-state index in [-0.39, 0.29) is 5.92 Å². The van der Waals surface area contributed by atoms with Crippen molar-refractivity contribution in [1.29, 1.82) is 0 Å². The Kier molecular flexibility index (Phi) is 3.04. The summed E-state index contributed by atoms with van der Waals surface area (Å²) in [5, 5.41) is 14.8. The zero-order valence-corrected chi connectivity index (χ0v) is 10.2. The Labute approximate surface area is 96.2 Å². The van der Waals surface area contributed by atoms with Crippen molar-refractivity contribution >= 4 is 0 Å². The number of rotatable bonds is 3. The SMILES string of the molecule is Cc1cc(CC(C)(O)C2CCOC2)n(C)n1. The van der Waals surface area contributed by atoms with Gasteiger partial charge < -0.3 is 9.84 Å². The monoisotopic (exact) mass is 224 g/mol. The molecule has 4 nitrogen and oxygen atoms in total. The van der Waals surface area contributed by atoms with Gasteiger partial charge in [-0.25, -0.2) is 0 Å². The number of aromatic nitrogens is 2. The summed E-state index contributed by atoms with van der Waals surface area (Å²) in [6, 6.07) is 2.03. The fourth-order valence-electron chi connectivity index (χ4n) is 2.37. The molecule has 0 spiro atoms. The van der Waals surface area contributed by atoms with Gasteiger partial charge in [0.25, 0.3) is 0 Å². The van der Waals surface area contributed by atoms with Gasteiger partial charge in [0.05, 0.1) is 17.9 Å². The predicted octanol–water partition coefficient (Wildman–Crippen LogP) is 1.06. The van der Waals surface area contributed by atoms with Crippen molar-refractivity contribution in [3.63, 3.8) is 0 Å². The Morgan fingerprint density at radius 2 is 2.44 bits per heavy atom. The first-order chi connectivity index (χ1) is 7.49. The molecule has 0 bridgehead atoms. The second-order valence-electron chi connectivity index (χ2n) is 5.00. The van der Waals surface area contributed by atoms with Gasteiger partial charge in [0.15, 0.2) is 0 Å². The summed E-state index contributed by atoms with van der Waals surface area (Å²) in [6.07, 6.45) is 1.59. The van der Waals surface area contributed by atoms with E-state index in [0.717, 1.165) is 24.4 Å². The van der Waals surface area contributed by atoms with Crippen molar-refractivity contribution in [2.24, 2.45) is 13.0 Å². The molecule has 1 aliphatic rings. The van der Waals surface area contributed by atoms with Gasteiger partial charge in [0.2, 0.25) is 0 Å². The van der Waals surface area contributed by atoms with Gasteiger partial charge in [-0.05, 0) is 26.3 Å². The average molecular weight is 224 g/mol. The molecule has 0 aromatic carbocycles. The van der Waals surface area contributed by atoms with Crippen LogP contribution in [-0.2, 0) is 18.2 Å². The molecular formula is C12H20N2O2. The maximum absolute atomic E-state index is 10.5. The highest BCUT2D eigenvalue weighted by atomic mass is 16.5. The number of hydrogen-bond donors (Lipinski definition) is 1. The number of nitrogens with zero attached hydrogens (tertiary/aromatic N) is 2. The molecule has 2 rings (SSSR count). The molecular weight excluding hydrogens is 204 g/mol. The fourth-order valence-corrected chi connectivity index (χ4v) is 2.37. The Bertz CT molecular complexity index is 365. The summed E-state index contributed by atoms with van der Waals surface area (Å²) in [7, 11) is 1.92. The minimum atomic E-state index is -0.698. The minimum Gasteiger partial charge on any atom is -0.389 e. The second-order valence-corrected chi connectivity index (χ2v) is 5.00. The summed E-state index contributed by atoms with van der Waals surface area (Å²) in [5.41, 5.74) is 1.38. The van der Waals surface area contributed by atoms with E-state index in [1.807, 2.05) is 31.6 Å². The van der Waals surface area contributed by atoms with E-state index in [2.05, 4.69) is 5.10 Å². The first kappa shape index (κ1) is 11.6. The lowest BCUT2D eigenvalue weighted by atomic mass is 9.84. The van der Waals surface area contributed by atoms with Crippen LogP contribution in [0.15, 0.2) is 6.07 Å². The average Bonchev–Trinajstić information content (AvgIpc) is 2.76. The van der Waals surface area contributed by atoms with Gasteiger partial charge in [0.1, 0.15) is 0 Å². The third-order valence-electron chi connectivity index (χ3n) is 3.45. The summed E-state index contributed by atoms with van der Waals surface area (Å²) in [4.78, 5) is 0. The molecule has 1 N–H and O–H groups in total. The van der Waals surface area contributed by atoms with Crippen LogP contribution in [0.1, 0.15) is 24.7 Å². The van der Waals surface area contributed by atoms with Crippen LogP contribution in [0.2, 0.25) is 0 Å². The highest BCUT2D eigenvalue weighted by Crippen LogP contribution is 2.28. The van der Waals surface area contributed by atoms with E-state index in [9.17, 15) is 5.11 Å². The predicted molar refractivity (Wildman–Crippen MR) is 61.2 cm³/mol. The van der Waals surface area contributed by atoms with Crippen molar-refractivity contribution in [1.82, 2.24) is 9.78 Å². The standard InChI is InChI=1S/C12H20N2O2/c1-9-6-11(14(3)13-9)7-12(2,15)10-4-5-16-8-10/h6,10,15H,4-5,7-8H2,1-3H3. The van der Waals surface area contributed by atoms with Gasteiger partial charge in [-0.3, -0.25) is 4.68 Å². The van der Waals surface area contributed by atoms with Gasteiger partial charge in [0, 0.05) is 31.7 Å². The van der Waals surface area contributed by atoms with Gasteiger partial charge in [-0.15, -0.1) is 0 Å². The molecule has 16 heavy (non-hydrogen) atoms. The zero-order valence-electron chi connectivity index (χ0n) is 10.2. The molecule has 1 aliphatic heterocycles. The van der Waals surface area contributed by atoms with Crippen molar-refractivity contribution in [3.05, 3.63) is 17.5 Å². The molecule has 0 saturated carbocycles. The number of hydrogen-bond acceptors (Lipinski definition) is 3. The zero-order chi connectivity index (χ0) is 11.8. The van der Waals surface area contributed by atoms with Crippen molar-refractivity contribution in [3.8, 4) is 0 Å². The van der Waals surface area contributed by atoms with Crippen molar-refractivity contribution in [2.75, 3.05) is 13.2 Å². The van der Waals surface area contributed by atoms with E-state index < -0.39 is 5.60 Å². The van der Waals surface area contributed by atoms with Crippen LogP contribution in [0.4, 0.5) is 0 Å². The molecule has 0 amide bonds. The lowest BCUT2D eigenvalue weighted by Gasteiger charge is -2.28. The molecule has 1 aromatic heterocycles. The van der Waals surface area contributed by atoms with E-state index >= 15 is 0 Å². The third kappa shape index (κ3) is 2.28. The summed E-state index contributed by atoms with van der Waals surface area (Å²) >= 11 is 0. The minimum absolute atomic E-state index is 0.239. The first-order valence-corrected chi connectivity index (χ1v) is 5.79. The smallest absolute Gasteiger partial charge is 0.0725 e. The fraction of sp³-hybridized carbons (Fsp3) is 0.750. The number of aliphatic hydroxyl groups is 1. The van der Waals surface area contributed by atoms with Crippen molar-refractivity contribution < 1.29 is 9.84 Å². The first-order valence-electron chi connectivity index (χ1n) is 5.79. The molecule has 90 valence electrons. The van der Waals surface area contributed by atoms with E-state index in [4.69, 9.17) is 4.74 Å². The highest BCUT2D eigenvalue weighted by Gasteiger charge is 2.35. The van der Waals surface area contributed by atoms with Crippen molar-refractivity contribution in [2.45, 2.75) is 32.3 Å². The number of aryl methyl sites for hydroxylation is 2. The van der Waals surface area contributed by atoms with Gasteiger partial charge in [-0.2, -0.15) is 5.10 Å². The normalized spacial score (nSPS) is 24.6. The molecule has 1 fully saturated rings. The van der Waals surface area contributed by atoms with E-state index in [0.29, 0.717) is 13.0 Å². The largest absolute Gasteiger partial charge is 0.389 e. The summed E-state index contributed by atoms with van der Waals surface area (Å²) in [6.45, 7) is 5.31. The Morgan fingerprint density at radius 3 is 2.94 bits per heavy atom. The molecule has 0 radical (unpaired) electrons. The second kappa shape index (κ2) is 4.18. The topological polar surface area (TPSA) is 47.3 Å². The Hall–Kier alpha value is -0.870. The van der Waals surface area contributed by atoms with Crippen LogP contribution >= 0.6 is 0 Å². The lowest BCUT2D eigenvalue weighted by molar-refractivity contribution is -0.00597. The van der Waals surface area contributed by atoms with Crippen LogP contribution in [0.5, 0.6) is 0 Å². The van der Waals surface area contributed by atoms with Crippen LogP contribution in [0.3, 0.4) is 0 Å². The lowest BCUT2D eigenvalue weighted by Crippen LogP contribution is -2.37. The van der Waals surface area contributed by atoms with Crippen LogP contribution < -0.4 is 0 Å². The maximum atomic E-state index is 10.5. The molecule has 2 unspecified atom stereocenters. The number of ether oxygens (including phenoxy) is 1. The van der Waals surface area contributed by atoms with Crippen LogP contribution in [-0.4, -0.2) is 33.7 Å². The van der Waals surface area contributed by atoms with E-state index in [1.165, 1.54) is 0 Å². The molecule has 2 atom stereocenters. The molecule has 2 heterocycles. The third-order valence-corrected chi connectivity index (χ3v) is 3.45. The van der Waals surface area contributed by atoms with Crippen LogP contribution in [0, 0.1) is 12.8 Å². The highest BCUT2D eigenvalue weighted by molar-refractivity contribution is 5.11. The Balaban J connectivity index is 2.10. The maximum Gasteiger partial charge on any atom is 0.0725 e. The summed E-state index contributed by atoms with van der Waals surface area (Å²) < 4.78 is 7.18. The molecule has 0 aliphatic carbocycles. The quantitative estimate of drug-likeness (QED) is 0.835. The van der Waals surface area contributed by atoms with Gasteiger partial charge in [-0.1, -0.05) is 0 Å². The molecule has 1 saturated heterocycles.